The van der Waals surface area contributed by atoms with Crippen LogP contribution in [0.4, 0.5) is 24.5 Å². The zero-order chi connectivity index (χ0) is 16.5. The van der Waals surface area contributed by atoms with Gasteiger partial charge in [-0.2, -0.15) is 13.2 Å². The third kappa shape index (κ3) is 3.30. The van der Waals surface area contributed by atoms with Gasteiger partial charge in [-0.15, -0.1) is 0 Å². The van der Waals surface area contributed by atoms with Crippen molar-refractivity contribution in [3.8, 4) is 0 Å². The lowest BCUT2D eigenvalue weighted by Crippen LogP contribution is -2.45. The molecule has 1 heterocycles. The van der Waals surface area contributed by atoms with E-state index in [-0.39, 0.29) is 24.8 Å². The Balaban J connectivity index is 2.33. The zero-order valence-electron chi connectivity index (χ0n) is 11.5. The lowest BCUT2D eigenvalue weighted by molar-refractivity contribution is -0.384. The summed E-state index contributed by atoms with van der Waals surface area (Å²) in [6.07, 6.45) is -5.15. The number of benzene rings is 1. The fourth-order valence-corrected chi connectivity index (χ4v) is 2.53. The smallest absolute Gasteiger partial charge is 0.396 e. The molecule has 0 bridgehead atoms. The first kappa shape index (κ1) is 16.5. The van der Waals surface area contributed by atoms with Crippen molar-refractivity contribution in [3.05, 3.63) is 33.9 Å². The second-order valence-corrected chi connectivity index (χ2v) is 5.20. The van der Waals surface area contributed by atoms with Gasteiger partial charge in [-0.3, -0.25) is 10.1 Å². The standard InChI is InChI=1S/C13H15F3N2O4/c14-13(15,16)9-1-2-10(11(5-9)18(21)22)17-4-3-8(7-19)12(20)6-17/h1-2,5,8,12,19-20H,3-4,6-7H2/t8-,12-/m0/s1. The monoisotopic (exact) mass is 320 g/mol. The average molecular weight is 320 g/mol. The van der Waals surface area contributed by atoms with Gasteiger partial charge in [0, 0.05) is 31.7 Å². The Hall–Kier alpha value is -1.87. The van der Waals surface area contributed by atoms with Gasteiger partial charge in [0.2, 0.25) is 0 Å². The molecule has 1 fully saturated rings. The summed E-state index contributed by atoms with van der Waals surface area (Å²) in [5.74, 6) is -0.329. The van der Waals surface area contributed by atoms with Crippen LogP contribution in [0.2, 0.25) is 0 Å². The fraction of sp³-hybridized carbons (Fsp3) is 0.538. The minimum Gasteiger partial charge on any atom is -0.396 e. The molecule has 0 saturated carbocycles. The third-order valence-corrected chi connectivity index (χ3v) is 3.80. The number of hydrogen-bond donors (Lipinski definition) is 2. The average Bonchev–Trinajstić information content (AvgIpc) is 2.45. The van der Waals surface area contributed by atoms with Crippen molar-refractivity contribution in [1.82, 2.24) is 0 Å². The maximum atomic E-state index is 12.7. The summed E-state index contributed by atoms with van der Waals surface area (Å²) >= 11 is 0. The van der Waals surface area contributed by atoms with Gasteiger partial charge in [-0.25, -0.2) is 0 Å². The third-order valence-electron chi connectivity index (χ3n) is 3.80. The number of anilines is 1. The Morgan fingerprint density at radius 1 is 1.41 bits per heavy atom. The van der Waals surface area contributed by atoms with Crippen molar-refractivity contribution in [2.75, 3.05) is 24.6 Å². The van der Waals surface area contributed by atoms with Crippen LogP contribution in [-0.2, 0) is 6.18 Å². The molecule has 2 N–H and O–H groups in total. The van der Waals surface area contributed by atoms with E-state index in [2.05, 4.69) is 0 Å². The summed E-state index contributed by atoms with van der Waals surface area (Å²) in [5.41, 5.74) is -1.70. The van der Waals surface area contributed by atoms with Gasteiger partial charge < -0.3 is 15.1 Å². The molecule has 0 amide bonds. The molecule has 1 aromatic rings. The molecule has 0 spiro atoms. The van der Waals surface area contributed by atoms with E-state index in [1.807, 2.05) is 0 Å². The first-order valence-corrected chi connectivity index (χ1v) is 6.63. The number of rotatable bonds is 3. The summed E-state index contributed by atoms with van der Waals surface area (Å²) in [5, 5.41) is 30.0. The predicted octanol–water partition coefficient (Wildman–Crippen LogP) is 1.79. The number of alkyl halides is 3. The summed E-state index contributed by atoms with van der Waals surface area (Å²) in [6.45, 7) is 0.135. The molecule has 0 aromatic heterocycles. The molecule has 1 saturated heterocycles. The van der Waals surface area contributed by atoms with Crippen LogP contribution in [-0.4, -0.2) is 40.9 Å². The van der Waals surface area contributed by atoms with E-state index < -0.39 is 28.5 Å². The molecule has 0 radical (unpaired) electrons. The first-order chi connectivity index (χ1) is 10.2. The Morgan fingerprint density at radius 3 is 2.59 bits per heavy atom. The van der Waals surface area contributed by atoms with E-state index in [0.717, 1.165) is 12.1 Å². The second kappa shape index (κ2) is 6.09. The van der Waals surface area contributed by atoms with Crippen molar-refractivity contribution in [1.29, 1.82) is 0 Å². The Labute approximate surface area is 123 Å². The zero-order valence-corrected chi connectivity index (χ0v) is 11.5. The van der Waals surface area contributed by atoms with Crippen LogP contribution in [0, 0.1) is 16.0 Å². The van der Waals surface area contributed by atoms with Gasteiger partial charge in [0.15, 0.2) is 0 Å². The quantitative estimate of drug-likeness (QED) is 0.655. The summed E-state index contributed by atoms with van der Waals surface area (Å²) in [7, 11) is 0. The number of nitrogens with zero attached hydrogens (tertiary/aromatic N) is 2. The number of hydrogen-bond acceptors (Lipinski definition) is 5. The highest BCUT2D eigenvalue weighted by atomic mass is 19.4. The van der Waals surface area contributed by atoms with Gasteiger partial charge in [0.25, 0.3) is 5.69 Å². The van der Waals surface area contributed by atoms with Crippen molar-refractivity contribution >= 4 is 11.4 Å². The SMILES string of the molecule is O=[N+]([O-])c1cc(C(F)(F)F)ccc1N1CC[C@@H](CO)[C@@H](O)C1. The van der Waals surface area contributed by atoms with E-state index in [1.165, 1.54) is 4.90 Å². The first-order valence-electron chi connectivity index (χ1n) is 6.63. The van der Waals surface area contributed by atoms with Gasteiger partial charge in [0.05, 0.1) is 16.6 Å². The minimum atomic E-state index is -4.66. The Bertz CT molecular complexity index is 565. The number of aliphatic hydroxyl groups is 2. The predicted molar refractivity (Wildman–Crippen MR) is 71.5 cm³/mol. The summed E-state index contributed by atoms with van der Waals surface area (Å²) in [4.78, 5) is 11.7. The maximum absolute atomic E-state index is 12.7. The molecule has 122 valence electrons. The van der Waals surface area contributed by atoms with Gasteiger partial charge in [0.1, 0.15) is 5.69 Å². The number of β-amino-alcohol motifs (C(OH)–C–C–N with tert-alkyl or cyclic N) is 1. The molecular weight excluding hydrogens is 305 g/mol. The van der Waals surface area contributed by atoms with E-state index >= 15 is 0 Å². The molecule has 1 aliphatic heterocycles. The van der Waals surface area contributed by atoms with E-state index in [9.17, 15) is 28.4 Å². The molecule has 6 nitrogen and oxygen atoms in total. The molecule has 1 aliphatic rings. The van der Waals surface area contributed by atoms with Gasteiger partial charge in [-0.05, 0) is 18.6 Å². The Morgan fingerprint density at radius 2 is 2.09 bits per heavy atom. The van der Waals surface area contributed by atoms with E-state index in [0.29, 0.717) is 19.0 Å². The van der Waals surface area contributed by atoms with Crippen LogP contribution in [0.5, 0.6) is 0 Å². The van der Waals surface area contributed by atoms with Crippen LogP contribution in [0.15, 0.2) is 18.2 Å². The highest BCUT2D eigenvalue weighted by Gasteiger charge is 2.35. The molecule has 0 aliphatic carbocycles. The van der Waals surface area contributed by atoms with Crippen LogP contribution in [0.1, 0.15) is 12.0 Å². The number of piperidine rings is 1. The fourth-order valence-electron chi connectivity index (χ4n) is 2.53. The molecular formula is C13H15F3N2O4. The number of nitro benzene ring substituents is 1. The number of aliphatic hydroxyl groups excluding tert-OH is 2. The molecule has 22 heavy (non-hydrogen) atoms. The normalized spacial score (nSPS) is 22.7. The van der Waals surface area contributed by atoms with Crippen LogP contribution < -0.4 is 4.90 Å². The Kier molecular flexibility index (Phi) is 4.57. The highest BCUT2D eigenvalue weighted by molar-refractivity contribution is 5.65. The van der Waals surface area contributed by atoms with Crippen LogP contribution in [0.25, 0.3) is 0 Å². The second-order valence-electron chi connectivity index (χ2n) is 5.20. The lowest BCUT2D eigenvalue weighted by atomic mass is 9.94. The van der Waals surface area contributed by atoms with Crippen molar-refractivity contribution < 1.29 is 28.3 Å². The van der Waals surface area contributed by atoms with Crippen molar-refractivity contribution in [3.63, 3.8) is 0 Å². The molecule has 9 heteroatoms. The van der Waals surface area contributed by atoms with E-state index in [1.54, 1.807) is 0 Å². The van der Waals surface area contributed by atoms with Crippen LogP contribution in [0.3, 0.4) is 0 Å². The molecule has 2 rings (SSSR count). The largest absolute Gasteiger partial charge is 0.416 e. The van der Waals surface area contributed by atoms with Crippen molar-refractivity contribution in [2.45, 2.75) is 18.7 Å². The minimum absolute atomic E-state index is 0.0252. The number of nitro groups is 1. The summed E-state index contributed by atoms with van der Waals surface area (Å²) < 4.78 is 38.0. The molecule has 1 aromatic carbocycles. The number of halogens is 3. The highest BCUT2D eigenvalue weighted by Crippen LogP contribution is 2.37. The van der Waals surface area contributed by atoms with E-state index in [4.69, 9.17) is 5.11 Å². The van der Waals surface area contributed by atoms with Gasteiger partial charge >= 0.3 is 6.18 Å². The van der Waals surface area contributed by atoms with Gasteiger partial charge in [-0.1, -0.05) is 0 Å². The summed E-state index contributed by atoms with van der Waals surface area (Å²) in [6, 6.07) is 2.33. The maximum Gasteiger partial charge on any atom is 0.416 e. The van der Waals surface area contributed by atoms with Crippen molar-refractivity contribution in [2.24, 2.45) is 5.92 Å². The molecule has 2 atom stereocenters. The molecule has 0 unspecified atom stereocenters. The van der Waals surface area contributed by atoms with Crippen LogP contribution >= 0.6 is 0 Å². The topological polar surface area (TPSA) is 86.8 Å². The lowest BCUT2D eigenvalue weighted by Gasteiger charge is -2.36.